The fourth-order valence-electron chi connectivity index (χ4n) is 5.09. The van der Waals surface area contributed by atoms with E-state index in [4.69, 9.17) is 13.9 Å². The number of hydrogen-bond donors (Lipinski definition) is 0. The number of ether oxygens (including phenoxy) is 2. The first-order valence-corrected chi connectivity index (χ1v) is 14.1. The van der Waals surface area contributed by atoms with E-state index in [0.717, 1.165) is 21.6 Å². The lowest BCUT2D eigenvalue weighted by molar-refractivity contribution is 0.0734. The molecule has 8 nitrogen and oxygen atoms in total. The molecule has 0 saturated heterocycles. The molecule has 0 bridgehead atoms. The summed E-state index contributed by atoms with van der Waals surface area (Å²) in [6.45, 7) is 10.0. The average Bonchev–Trinajstić information content (AvgIpc) is 3.24. The van der Waals surface area contributed by atoms with E-state index in [1.54, 1.807) is 18.2 Å². The zero-order valence-electron chi connectivity index (χ0n) is 24.9. The highest BCUT2D eigenvalue weighted by Crippen LogP contribution is 2.32. The van der Waals surface area contributed by atoms with Crippen molar-refractivity contribution >= 4 is 34.4 Å². The van der Waals surface area contributed by atoms with Gasteiger partial charge in [-0.25, -0.2) is 9.69 Å². The Labute approximate surface area is 253 Å². The second-order valence-corrected chi connectivity index (χ2v) is 11.8. The summed E-state index contributed by atoms with van der Waals surface area (Å²) >= 11 is 0. The van der Waals surface area contributed by atoms with Crippen LogP contribution in [-0.4, -0.2) is 17.8 Å². The van der Waals surface area contributed by atoms with Gasteiger partial charge in [0.25, 0.3) is 11.8 Å². The summed E-state index contributed by atoms with van der Waals surface area (Å²) in [5.41, 5.74) is 3.57. The molecule has 1 aliphatic rings. The van der Waals surface area contributed by atoms with Crippen LogP contribution in [0.15, 0.2) is 94.3 Å². The Balaban J connectivity index is 1.21. The minimum atomic E-state index is -0.737. The van der Waals surface area contributed by atoms with Crippen LogP contribution >= 0.6 is 0 Å². The summed E-state index contributed by atoms with van der Waals surface area (Å²) in [5, 5.41) is 0.252. The molecule has 0 unspecified atom stereocenters. The van der Waals surface area contributed by atoms with Crippen molar-refractivity contribution in [2.45, 2.75) is 40.0 Å². The van der Waals surface area contributed by atoms with Crippen LogP contribution in [0.3, 0.4) is 0 Å². The first-order chi connectivity index (χ1) is 20.9. The van der Waals surface area contributed by atoms with Crippen LogP contribution in [0.1, 0.15) is 68.5 Å². The molecule has 6 rings (SSSR count). The van der Waals surface area contributed by atoms with Crippen molar-refractivity contribution < 1.29 is 28.3 Å². The highest BCUT2D eigenvalue weighted by Gasteiger charge is 2.38. The van der Waals surface area contributed by atoms with Gasteiger partial charge >= 0.3 is 5.97 Å². The zero-order chi connectivity index (χ0) is 31.3. The average molecular weight is 588 g/mol. The molecule has 4 aromatic carbocycles. The van der Waals surface area contributed by atoms with Gasteiger partial charge < -0.3 is 13.9 Å². The fraction of sp³-hybridized carbons (Fsp3) is 0.167. The van der Waals surface area contributed by atoms with E-state index in [0.29, 0.717) is 11.4 Å². The molecule has 220 valence electrons. The van der Waals surface area contributed by atoms with E-state index in [1.165, 1.54) is 42.7 Å². The standard InChI is InChI=1S/C36H29NO7/c1-20-6-7-21(2)29(16-20)37-33(39)26-14-8-22(17-28(26)34(37)40)35(41)44-25-13-15-27-30(18-25)42-19-31(32(27)38)43-24-11-9-23(10-12-24)36(3,4)5/h6-19H,1-5H3. The number of amides is 2. The Kier molecular flexibility index (Phi) is 6.92. The molecule has 0 aliphatic carbocycles. The number of hydrogen-bond acceptors (Lipinski definition) is 7. The van der Waals surface area contributed by atoms with Crippen LogP contribution in [0.2, 0.25) is 0 Å². The van der Waals surface area contributed by atoms with Gasteiger partial charge in [-0.1, -0.05) is 45.0 Å². The van der Waals surface area contributed by atoms with Gasteiger partial charge in [0.15, 0.2) is 0 Å². The molecule has 0 atom stereocenters. The van der Waals surface area contributed by atoms with E-state index in [-0.39, 0.29) is 50.0 Å². The van der Waals surface area contributed by atoms with Crippen molar-refractivity contribution in [3.63, 3.8) is 0 Å². The molecule has 44 heavy (non-hydrogen) atoms. The molecule has 1 aromatic heterocycles. The topological polar surface area (TPSA) is 103 Å². The first-order valence-electron chi connectivity index (χ1n) is 14.1. The van der Waals surface area contributed by atoms with Crippen molar-refractivity contribution in [3.8, 4) is 17.2 Å². The molecule has 0 fully saturated rings. The second kappa shape index (κ2) is 10.6. The Bertz CT molecular complexity index is 2050. The Morgan fingerprint density at radius 2 is 1.48 bits per heavy atom. The number of rotatable bonds is 5. The van der Waals surface area contributed by atoms with Crippen LogP contribution in [0.25, 0.3) is 11.0 Å². The smallest absolute Gasteiger partial charge is 0.343 e. The van der Waals surface area contributed by atoms with Crippen LogP contribution in [0.5, 0.6) is 17.2 Å². The molecule has 8 heteroatoms. The number of carbonyl (C=O) groups excluding carboxylic acids is 3. The number of esters is 1. The summed E-state index contributed by atoms with van der Waals surface area (Å²) in [4.78, 5) is 53.7. The lowest BCUT2D eigenvalue weighted by Gasteiger charge is -2.19. The van der Waals surface area contributed by atoms with Gasteiger partial charge in [-0.05, 0) is 84.5 Å². The summed E-state index contributed by atoms with van der Waals surface area (Å²) in [6.07, 6.45) is 1.22. The molecule has 2 amide bonds. The zero-order valence-corrected chi connectivity index (χ0v) is 24.9. The van der Waals surface area contributed by atoms with Gasteiger partial charge in [0.1, 0.15) is 23.3 Å². The minimum absolute atomic E-state index is 0.0132. The lowest BCUT2D eigenvalue weighted by atomic mass is 9.87. The van der Waals surface area contributed by atoms with Crippen molar-refractivity contribution in [2.24, 2.45) is 0 Å². The van der Waals surface area contributed by atoms with E-state index in [2.05, 4.69) is 20.8 Å². The molecular formula is C36H29NO7. The lowest BCUT2D eigenvalue weighted by Crippen LogP contribution is -2.30. The molecule has 0 radical (unpaired) electrons. The second-order valence-electron chi connectivity index (χ2n) is 11.8. The molecule has 0 spiro atoms. The van der Waals surface area contributed by atoms with Crippen LogP contribution in [0.4, 0.5) is 5.69 Å². The van der Waals surface area contributed by atoms with E-state index in [1.807, 2.05) is 38.1 Å². The predicted molar refractivity (Wildman–Crippen MR) is 166 cm³/mol. The van der Waals surface area contributed by atoms with Gasteiger partial charge in [0, 0.05) is 6.07 Å². The van der Waals surface area contributed by atoms with Crippen molar-refractivity contribution in [1.82, 2.24) is 0 Å². The largest absolute Gasteiger partial charge is 0.460 e. The third-order valence-corrected chi connectivity index (χ3v) is 7.60. The number of fused-ring (bicyclic) bond motifs is 2. The SMILES string of the molecule is Cc1ccc(C)c(N2C(=O)c3ccc(C(=O)Oc4ccc5c(=O)c(Oc6ccc(C(C)(C)C)cc6)coc5c4)cc3C2=O)c1. The van der Waals surface area contributed by atoms with Gasteiger partial charge in [-0.3, -0.25) is 14.4 Å². The number of carbonyl (C=O) groups is 3. The van der Waals surface area contributed by atoms with Gasteiger partial charge in [0.05, 0.1) is 27.8 Å². The van der Waals surface area contributed by atoms with Gasteiger partial charge in [-0.15, -0.1) is 0 Å². The Morgan fingerprint density at radius 3 is 2.20 bits per heavy atom. The van der Waals surface area contributed by atoms with E-state index >= 15 is 0 Å². The Morgan fingerprint density at radius 1 is 0.773 bits per heavy atom. The first kappa shape index (κ1) is 28.6. The highest BCUT2D eigenvalue weighted by atomic mass is 16.5. The fourth-order valence-corrected chi connectivity index (χ4v) is 5.09. The van der Waals surface area contributed by atoms with Crippen LogP contribution in [-0.2, 0) is 5.41 Å². The van der Waals surface area contributed by atoms with E-state index in [9.17, 15) is 19.2 Å². The number of benzene rings is 4. The van der Waals surface area contributed by atoms with Gasteiger partial charge in [0.2, 0.25) is 11.2 Å². The summed E-state index contributed by atoms with van der Waals surface area (Å²) in [6, 6.07) is 21.7. The normalized spacial score (nSPS) is 12.9. The number of aryl methyl sites for hydroxylation is 2. The summed E-state index contributed by atoms with van der Waals surface area (Å²) in [5.74, 6) is -1.03. The third-order valence-electron chi connectivity index (χ3n) is 7.60. The van der Waals surface area contributed by atoms with Gasteiger partial charge in [-0.2, -0.15) is 0 Å². The summed E-state index contributed by atoms with van der Waals surface area (Å²) in [7, 11) is 0. The quantitative estimate of drug-likeness (QED) is 0.119. The number of anilines is 1. The molecular weight excluding hydrogens is 558 g/mol. The third kappa shape index (κ3) is 5.15. The number of imide groups is 1. The number of nitrogens with zero attached hydrogens (tertiary/aromatic N) is 1. The maximum Gasteiger partial charge on any atom is 0.343 e. The van der Waals surface area contributed by atoms with Crippen LogP contribution in [0, 0.1) is 13.8 Å². The van der Waals surface area contributed by atoms with Crippen molar-refractivity contribution in [3.05, 3.63) is 129 Å². The molecule has 1 aliphatic heterocycles. The maximum atomic E-state index is 13.3. The van der Waals surface area contributed by atoms with E-state index < -0.39 is 17.8 Å². The maximum absolute atomic E-state index is 13.3. The highest BCUT2D eigenvalue weighted by molar-refractivity contribution is 6.35. The minimum Gasteiger partial charge on any atom is -0.460 e. The molecule has 5 aromatic rings. The van der Waals surface area contributed by atoms with Crippen molar-refractivity contribution in [1.29, 1.82) is 0 Å². The predicted octanol–water partition coefficient (Wildman–Crippen LogP) is 7.52. The summed E-state index contributed by atoms with van der Waals surface area (Å²) < 4.78 is 17.0. The molecule has 0 saturated carbocycles. The monoisotopic (exact) mass is 587 g/mol. The molecule has 2 heterocycles. The molecule has 0 N–H and O–H groups in total. The Hall–Kier alpha value is -5.50. The van der Waals surface area contributed by atoms with Crippen molar-refractivity contribution in [2.75, 3.05) is 4.90 Å². The van der Waals surface area contributed by atoms with Crippen LogP contribution < -0.4 is 19.8 Å².